The number of hydrogen-bond acceptors (Lipinski definition) is 3. The monoisotopic (exact) mass is 323 g/mol. The van der Waals surface area contributed by atoms with Crippen LogP contribution in [0.2, 0.25) is 0 Å². The molecule has 0 spiro atoms. The van der Waals surface area contributed by atoms with Crippen LogP contribution in [-0.2, 0) is 9.47 Å². The summed E-state index contributed by atoms with van der Waals surface area (Å²) in [5, 5.41) is 0.987. The fourth-order valence-electron chi connectivity index (χ4n) is 2.80. The molecule has 2 aromatic carbocycles. The maximum Gasteiger partial charge on any atom is 0.244 e. The fourth-order valence-corrected chi connectivity index (χ4v) is 2.80. The molecular formula is C20H21NO3. The van der Waals surface area contributed by atoms with E-state index in [0.717, 1.165) is 10.9 Å². The quantitative estimate of drug-likeness (QED) is 0.478. The van der Waals surface area contributed by atoms with Gasteiger partial charge in [-0.2, -0.15) is 0 Å². The van der Waals surface area contributed by atoms with Crippen molar-refractivity contribution in [2.24, 2.45) is 0 Å². The van der Waals surface area contributed by atoms with Gasteiger partial charge in [0, 0.05) is 24.2 Å². The summed E-state index contributed by atoms with van der Waals surface area (Å²) in [5.74, 6) is -0.0452. The molecule has 1 heterocycles. The number of carbonyl (C=O) groups excluding carboxylic acids is 1. The maximum absolute atomic E-state index is 13.0. The van der Waals surface area contributed by atoms with E-state index in [1.807, 2.05) is 79.1 Å². The lowest BCUT2D eigenvalue weighted by molar-refractivity contribution is -0.184. The number of nitrogens with zero attached hydrogens (tertiary/aromatic N) is 1. The van der Waals surface area contributed by atoms with Gasteiger partial charge in [-0.25, -0.2) is 0 Å². The standard InChI is InChI=1S/C20H21NO3/c1-3-23-20(24-4-2)21-17-13-9-8-12-16(17)14-18(21)19(22)15-10-6-5-7-11-15/h5-14,20H,3-4H2,1-2H3. The van der Waals surface area contributed by atoms with Crippen LogP contribution in [0.5, 0.6) is 0 Å². The Morgan fingerprint density at radius 3 is 2.25 bits per heavy atom. The Bertz CT molecular complexity index is 817. The van der Waals surface area contributed by atoms with Gasteiger partial charge in [0.15, 0.2) is 0 Å². The van der Waals surface area contributed by atoms with Crippen LogP contribution in [-0.4, -0.2) is 23.6 Å². The van der Waals surface area contributed by atoms with E-state index in [2.05, 4.69) is 0 Å². The van der Waals surface area contributed by atoms with E-state index in [1.54, 1.807) is 0 Å². The van der Waals surface area contributed by atoms with Gasteiger partial charge in [-0.1, -0.05) is 48.5 Å². The minimum absolute atomic E-state index is 0.0452. The summed E-state index contributed by atoms with van der Waals surface area (Å²) < 4.78 is 13.3. The molecule has 1 aromatic heterocycles. The van der Waals surface area contributed by atoms with E-state index in [1.165, 1.54) is 0 Å². The summed E-state index contributed by atoms with van der Waals surface area (Å²) >= 11 is 0. The minimum atomic E-state index is -0.623. The highest BCUT2D eigenvalue weighted by atomic mass is 16.7. The zero-order valence-corrected chi connectivity index (χ0v) is 13.9. The van der Waals surface area contributed by atoms with Gasteiger partial charge in [0.05, 0.1) is 11.2 Å². The molecule has 0 aliphatic heterocycles. The first-order valence-electron chi connectivity index (χ1n) is 8.19. The van der Waals surface area contributed by atoms with Crippen LogP contribution in [0.15, 0.2) is 60.7 Å². The third-order valence-electron chi connectivity index (χ3n) is 3.85. The van der Waals surface area contributed by atoms with E-state index in [-0.39, 0.29) is 5.78 Å². The van der Waals surface area contributed by atoms with E-state index < -0.39 is 6.41 Å². The lowest BCUT2D eigenvalue weighted by Gasteiger charge is -2.21. The molecule has 0 saturated carbocycles. The Balaban J connectivity index is 2.16. The number of hydrogen-bond donors (Lipinski definition) is 0. The van der Waals surface area contributed by atoms with Gasteiger partial charge in [-0.3, -0.25) is 9.36 Å². The number of rotatable bonds is 7. The molecule has 4 heteroatoms. The van der Waals surface area contributed by atoms with E-state index in [0.29, 0.717) is 24.5 Å². The van der Waals surface area contributed by atoms with Crippen molar-refractivity contribution < 1.29 is 14.3 Å². The first-order valence-corrected chi connectivity index (χ1v) is 8.19. The smallest absolute Gasteiger partial charge is 0.244 e. The molecule has 0 aliphatic rings. The number of para-hydroxylation sites is 1. The molecule has 0 bridgehead atoms. The second-order valence-corrected chi connectivity index (χ2v) is 5.37. The van der Waals surface area contributed by atoms with Crippen LogP contribution in [0, 0.1) is 0 Å². The molecule has 0 aliphatic carbocycles. The summed E-state index contributed by atoms with van der Waals surface area (Å²) in [7, 11) is 0. The Kier molecular flexibility index (Phi) is 5.08. The molecule has 0 radical (unpaired) electrons. The largest absolute Gasteiger partial charge is 0.335 e. The van der Waals surface area contributed by atoms with Crippen LogP contribution >= 0.6 is 0 Å². The maximum atomic E-state index is 13.0. The summed E-state index contributed by atoms with van der Waals surface area (Å²) in [6, 6.07) is 19.0. The van der Waals surface area contributed by atoms with E-state index >= 15 is 0 Å². The van der Waals surface area contributed by atoms with Gasteiger partial charge in [-0.05, 0) is 26.0 Å². The van der Waals surface area contributed by atoms with Crippen molar-refractivity contribution in [1.29, 1.82) is 0 Å². The van der Waals surface area contributed by atoms with E-state index in [4.69, 9.17) is 9.47 Å². The minimum Gasteiger partial charge on any atom is -0.335 e. The van der Waals surface area contributed by atoms with E-state index in [9.17, 15) is 4.79 Å². The summed E-state index contributed by atoms with van der Waals surface area (Å²) in [6.07, 6.45) is -0.623. The molecule has 124 valence electrons. The first kappa shape index (κ1) is 16.4. The third-order valence-corrected chi connectivity index (χ3v) is 3.85. The summed E-state index contributed by atoms with van der Waals surface area (Å²) in [5.41, 5.74) is 2.13. The topological polar surface area (TPSA) is 40.5 Å². The molecule has 3 aromatic rings. The predicted molar refractivity (Wildman–Crippen MR) is 94.1 cm³/mol. The average molecular weight is 323 g/mol. The Morgan fingerprint density at radius 2 is 1.58 bits per heavy atom. The third kappa shape index (κ3) is 3.11. The van der Waals surface area contributed by atoms with Gasteiger partial charge >= 0.3 is 0 Å². The van der Waals surface area contributed by atoms with Crippen LogP contribution in [0.4, 0.5) is 0 Å². The average Bonchev–Trinajstić information content (AvgIpc) is 3.01. The van der Waals surface area contributed by atoms with Gasteiger partial charge in [-0.15, -0.1) is 0 Å². The SMILES string of the molecule is CCOC(OCC)n1c(C(=O)c2ccccc2)cc2ccccc21. The van der Waals surface area contributed by atoms with Gasteiger partial charge in [0.2, 0.25) is 12.2 Å². The van der Waals surface area contributed by atoms with Crippen LogP contribution in [0.1, 0.15) is 36.3 Å². The van der Waals surface area contributed by atoms with Crippen molar-refractivity contribution in [2.75, 3.05) is 13.2 Å². The summed E-state index contributed by atoms with van der Waals surface area (Å²) in [6.45, 7) is 4.82. The van der Waals surface area contributed by atoms with Gasteiger partial charge in [0.25, 0.3) is 0 Å². The molecule has 4 nitrogen and oxygen atoms in total. The fraction of sp³-hybridized carbons (Fsp3) is 0.250. The Morgan fingerprint density at radius 1 is 0.958 bits per heavy atom. The second kappa shape index (κ2) is 7.43. The number of benzene rings is 2. The highest BCUT2D eigenvalue weighted by Gasteiger charge is 2.23. The highest BCUT2D eigenvalue weighted by molar-refractivity contribution is 6.10. The number of ketones is 1. The van der Waals surface area contributed by atoms with Crippen molar-refractivity contribution in [3.05, 3.63) is 71.9 Å². The Hall–Kier alpha value is -2.43. The van der Waals surface area contributed by atoms with Crippen LogP contribution in [0.3, 0.4) is 0 Å². The first-order chi connectivity index (χ1) is 11.8. The Labute approximate surface area is 141 Å². The van der Waals surface area contributed by atoms with Crippen molar-refractivity contribution in [3.63, 3.8) is 0 Å². The van der Waals surface area contributed by atoms with Crippen LogP contribution in [0.25, 0.3) is 10.9 Å². The molecule has 0 saturated heterocycles. The van der Waals surface area contributed by atoms with Crippen molar-refractivity contribution >= 4 is 16.7 Å². The molecule has 0 N–H and O–H groups in total. The lowest BCUT2D eigenvalue weighted by atomic mass is 10.1. The molecule has 0 atom stereocenters. The summed E-state index contributed by atoms with van der Waals surface area (Å²) in [4.78, 5) is 13.0. The highest BCUT2D eigenvalue weighted by Crippen LogP contribution is 2.27. The van der Waals surface area contributed by atoms with Crippen molar-refractivity contribution in [1.82, 2.24) is 4.57 Å². The van der Waals surface area contributed by atoms with Crippen LogP contribution < -0.4 is 0 Å². The van der Waals surface area contributed by atoms with Crippen molar-refractivity contribution in [3.8, 4) is 0 Å². The number of aromatic nitrogens is 1. The molecule has 0 amide bonds. The molecule has 24 heavy (non-hydrogen) atoms. The lowest BCUT2D eigenvalue weighted by Crippen LogP contribution is -2.21. The molecule has 0 fully saturated rings. The zero-order chi connectivity index (χ0) is 16.9. The second-order valence-electron chi connectivity index (χ2n) is 5.37. The molecular weight excluding hydrogens is 302 g/mol. The predicted octanol–water partition coefficient (Wildman–Crippen LogP) is 4.40. The number of ether oxygens (including phenoxy) is 2. The van der Waals surface area contributed by atoms with Crippen molar-refractivity contribution in [2.45, 2.75) is 20.3 Å². The number of fused-ring (bicyclic) bond motifs is 1. The number of carbonyl (C=O) groups is 1. The zero-order valence-electron chi connectivity index (χ0n) is 13.9. The van der Waals surface area contributed by atoms with Gasteiger partial charge < -0.3 is 9.47 Å². The molecule has 3 rings (SSSR count). The van der Waals surface area contributed by atoms with Gasteiger partial charge in [0.1, 0.15) is 0 Å². The molecule has 0 unspecified atom stereocenters. The normalized spacial score (nSPS) is 11.3.